The predicted molar refractivity (Wildman–Crippen MR) is 125 cm³/mol. The predicted octanol–water partition coefficient (Wildman–Crippen LogP) is 4.93. The molecule has 2 aliphatic heterocycles. The quantitative estimate of drug-likeness (QED) is 0.536. The van der Waals surface area contributed by atoms with Crippen LogP contribution in [-0.4, -0.2) is 29.4 Å². The van der Waals surface area contributed by atoms with Crippen LogP contribution in [0.5, 0.6) is 0 Å². The van der Waals surface area contributed by atoms with Gasteiger partial charge in [0.15, 0.2) is 0 Å². The number of carbonyl (C=O) groups is 3. The number of anilines is 2. The number of fused-ring (bicyclic) bond motifs is 4. The first kappa shape index (κ1) is 20.5. The average Bonchev–Trinajstić information content (AvgIpc) is 3.26. The molecular formula is C24H17ClN2O4S. The van der Waals surface area contributed by atoms with Crippen LogP contribution in [0.25, 0.3) is 11.1 Å². The highest BCUT2D eigenvalue weighted by Gasteiger charge is 2.57. The standard InChI is InChI=1S/C24H17ClN2O4S/c1-2-10-27-16-9-8-14(25)11-15(16)24(23(27)31)12-17(28)26-19-18(13-6-4-3-5-7-13)20(22(29)30)32-21(19)24/h2-9,11H,1,10,12H2,(H,26,28)(H,29,30). The zero-order valence-corrected chi connectivity index (χ0v) is 18.3. The Balaban J connectivity index is 1.86. The Labute approximate surface area is 192 Å². The Morgan fingerprint density at radius 2 is 2.00 bits per heavy atom. The third-order valence-corrected chi connectivity index (χ3v) is 7.45. The molecule has 1 atom stereocenters. The Bertz CT molecular complexity index is 1320. The number of carboxylic acids is 1. The van der Waals surface area contributed by atoms with Crippen LogP contribution >= 0.6 is 22.9 Å². The zero-order valence-electron chi connectivity index (χ0n) is 16.7. The van der Waals surface area contributed by atoms with Gasteiger partial charge in [0.1, 0.15) is 10.3 Å². The minimum atomic E-state index is -1.34. The average molecular weight is 465 g/mol. The first-order valence-electron chi connectivity index (χ1n) is 9.87. The van der Waals surface area contributed by atoms with E-state index in [1.807, 2.05) is 6.07 Å². The molecule has 2 N–H and O–H groups in total. The van der Waals surface area contributed by atoms with E-state index in [0.29, 0.717) is 38.0 Å². The van der Waals surface area contributed by atoms with E-state index in [1.165, 1.54) is 0 Å². The molecule has 0 aliphatic carbocycles. The largest absolute Gasteiger partial charge is 0.477 e. The first-order valence-corrected chi connectivity index (χ1v) is 11.1. The Hall–Kier alpha value is -3.42. The van der Waals surface area contributed by atoms with Gasteiger partial charge in [-0.1, -0.05) is 48.0 Å². The Kier molecular flexibility index (Phi) is 4.69. The molecule has 2 amide bonds. The van der Waals surface area contributed by atoms with E-state index in [9.17, 15) is 19.5 Å². The number of carbonyl (C=O) groups excluding carboxylic acids is 2. The van der Waals surface area contributed by atoms with Crippen molar-refractivity contribution in [2.45, 2.75) is 11.8 Å². The molecule has 0 radical (unpaired) electrons. The maximum Gasteiger partial charge on any atom is 0.346 e. The van der Waals surface area contributed by atoms with Crippen molar-refractivity contribution in [1.82, 2.24) is 0 Å². The van der Waals surface area contributed by atoms with Gasteiger partial charge in [0, 0.05) is 22.8 Å². The molecule has 0 bridgehead atoms. The van der Waals surface area contributed by atoms with Crippen LogP contribution in [0.15, 0.2) is 61.2 Å². The van der Waals surface area contributed by atoms with E-state index >= 15 is 0 Å². The van der Waals surface area contributed by atoms with Gasteiger partial charge in [0.05, 0.1) is 17.0 Å². The summed E-state index contributed by atoms with van der Waals surface area (Å²) in [5, 5.41) is 13.3. The second-order valence-corrected chi connectivity index (χ2v) is 9.13. The number of aromatic carboxylic acids is 1. The minimum Gasteiger partial charge on any atom is -0.477 e. The van der Waals surface area contributed by atoms with E-state index < -0.39 is 11.4 Å². The minimum absolute atomic E-state index is 0.0707. The van der Waals surface area contributed by atoms with Crippen LogP contribution in [0.3, 0.4) is 0 Å². The number of amides is 2. The van der Waals surface area contributed by atoms with E-state index in [2.05, 4.69) is 11.9 Å². The Morgan fingerprint density at radius 3 is 2.69 bits per heavy atom. The monoisotopic (exact) mass is 464 g/mol. The molecule has 1 aromatic heterocycles. The third-order valence-electron chi connectivity index (χ3n) is 5.87. The summed E-state index contributed by atoms with van der Waals surface area (Å²) in [4.78, 5) is 41.2. The topological polar surface area (TPSA) is 86.7 Å². The summed E-state index contributed by atoms with van der Waals surface area (Å²) in [6.07, 6.45) is 1.49. The lowest BCUT2D eigenvalue weighted by atomic mass is 9.74. The maximum atomic E-state index is 13.9. The van der Waals surface area contributed by atoms with Crippen molar-refractivity contribution in [3.05, 3.63) is 81.5 Å². The summed E-state index contributed by atoms with van der Waals surface area (Å²) in [5.41, 5.74) is 1.33. The van der Waals surface area contributed by atoms with Gasteiger partial charge in [-0.2, -0.15) is 0 Å². The highest BCUT2D eigenvalue weighted by molar-refractivity contribution is 7.15. The van der Waals surface area contributed by atoms with E-state index in [-0.39, 0.29) is 29.7 Å². The van der Waals surface area contributed by atoms with E-state index in [0.717, 1.165) is 11.3 Å². The normalized spacial score (nSPS) is 19.0. The van der Waals surface area contributed by atoms with Gasteiger partial charge in [-0.25, -0.2) is 4.79 Å². The van der Waals surface area contributed by atoms with Crippen molar-refractivity contribution < 1.29 is 19.5 Å². The second-order valence-electron chi connectivity index (χ2n) is 7.68. The molecule has 5 rings (SSSR count). The lowest BCUT2D eigenvalue weighted by molar-refractivity contribution is -0.126. The molecule has 2 aromatic carbocycles. The highest BCUT2D eigenvalue weighted by Crippen LogP contribution is 2.57. The summed E-state index contributed by atoms with van der Waals surface area (Å²) in [6, 6.07) is 14.1. The number of rotatable bonds is 4. The van der Waals surface area contributed by atoms with Crippen molar-refractivity contribution in [1.29, 1.82) is 0 Å². The van der Waals surface area contributed by atoms with Crippen molar-refractivity contribution in [2.24, 2.45) is 0 Å². The number of thiophene rings is 1. The molecular weight excluding hydrogens is 448 g/mol. The molecule has 1 unspecified atom stereocenters. The SMILES string of the molecule is C=CCN1C(=O)C2(CC(=O)Nc3c2sc(C(=O)O)c3-c2ccccc2)c2cc(Cl)ccc21. The van der Waals surface area contributed by atoms with Crippen LogP contribution in [-0.2, 0) is 15.0 Å². The molecule has 3 heterocycles. The van der Waals surface area contributed by atoms with E-state index in [1.54, 1.807) is 53.4 Å². The van der Waals surface area contributed by atoms with E-state index in [4.69, 9.17) is 11.6 Å². The van der Waals surface area contributed by atoms with Crippen LogP contribution in [0, 0.1) is 0 Å². The van der Waals surface area contributed by atoms with Gasteiger partial charge in [-0.05, 0) is 29.3 Å². The summed E-state index contributed by atoms with van der Waals surface area (Å²) in [7, 11) is 0. The molecule has 0 saturated carbocycles. The lowest BCUT2D eigenvalue weighted by Gasteiger charge is -2.32. The van der Waals surface area contributed by atoms with Gasteiger partial charge in [0.25, 0.3) is 0 Å². The molecule has 3 aromatic rings. The van der Waals surface area contributed by atoms with Crippen molar-refractivity contribution in [3.63, 3.8) is 0 Å². The molecule has 32 heavy (non-hydrogen) atoms. The van der Waals surface area contributed by atoms with Gasteiger partial charge in [0.2, 0.25) is 11.8 Å². The Morgan fingerprint density at radius 1 is 1.25 bits per heavy atom. The number of benzene rings is 2. The summed E-state index contributed by atoms with van der Waals surface area (Å²) < 4.78 is 0. The van der Waals surface area contributed by atoms with Crippen LogP contribution in [0.1, 0.15) is 26.5 Å². The molecule has 8 heteroatoms. The van der Waals surface area contributed by atoms with Gasteiger partial charge >= 0.3 is 5.97 Å². The fourth-order valence-corrected chi connectivity index (χ4v) is 6.11. The first-order chi connectivity index (χ1) is 15.4. The van der Waals surface area contributed by atoms with Crippen molar-refractivity contribution in [3.8, 4) is 11.1 Å². The molecule has 1 spiro atoms. The van der Waals surface area contributed by atoms with Gasteiger partial charge in [-0.15, -0.1) is 17.9 Å². The van der Waals surface area contributed by atoms with Crippen molar-refractivity contribution in [2.75, 3.05) is 16.8 Å². The van der Waals surface area contributed by atoms with Gasteiger partial charge < -0.3 is 15.3 Å². The number of hydrogen-bond donors (Lipinski definition) is 2. The number of nitrogens with zero attached hydrogens (tertiary/aromatic N) is 1. The number of halogens is 1. The molecule has 6 nitrogen and oxygen atoms in total. The second kappa shape index (κ2) is 7.32. The fourth-order valence-electron chi connectivity index (χ4n) is 4.63. The molecule has 2 aliphatic rings. The summed E-state index contributed by atoms with van der Waals surface area (Å²) in [6.45, 7) is 4.01. The fraction of sp³-hybridized carbons (Fsp3) is 0.125. The highest BCUT2D eigenvalue weighted by atomic mass is 35.5. The zero-order chi connectivity index (χ0) is 22.6. The number of nitrogens with one attached hydrogen (secondary N) is 1. The molecule has 0 fully saturated rings. The number of hydrogen-bond acceptors (Lipinski definition) is 4. The number of carboxylic acid groups (broad SMARTS) is 1. The van der Waals surface area contributed by atoms with Crippen LogP contribution in [0.2, 0.25) is 5.02 Å². The maximum absolute atomic E-state index is 13.9. The van der Waals surface area contributed by atoms with Gasteiger partial charge in [-0.3, -0.25) is 9.59 Å². The lowest BCUT2D eigenvalue weighted by Crippen LogP contribution is -2.46. The summed E-state index contributed by atoms with van der Waals surface area (Å²) >= 11 is 7.33. The van der Waals surface area contributed by atoms with Crippen molar-refractivity contribution >= 4 is 52.1 Å². The smallest absolute Gasteiger partial charge is 0.346 e. The third kappa shape index (κ3) is 2.75. The van der Waals surface area contributed by atoms with Crippen LogP contribution in [0.4, 0.5) is 11.4 Å². The summed E-state index contributed by atoms with van der Waals surface area (Å²) in [5.74, 6) is -1.76. The molecule has 160 valence electrons. The molecule has 0 saturated heterocycles. The van der Waals surface area contributed by atoms with Crippen LogP contribution < -0.4 is 10.2 Å².